The average Bonchev–Trinajstić information content (AvgIpc) is 2.46. The van der Waals surface area contributed by atoms with E-state index >= 15 is 0 Å². The van der Waals surface area contributed by atoms with Crippen molar-refractivity contribution in [1.82, 2.24) is 0 Å². The molecule has 6 heteroatoms. The van der Waals surface area contributed by atoms with Gasteiger partial charge in [0, 0.05) is 10.0 Å². The van der Waals surface area contributed by atoms with Gasteiger partial charge < -0.3 is 9.47 Å². The van der Waals surface area contributed by atoms with Gasteiger partial charge in [0.15, 0.2) is 0 Å². The van der Waals surface area contributed by atoms with Crippen molar-refractivity contribution in [2.24, 2.45) is 0 Å². The summed E-state index contributed by atoms with van der Waals surface area (Å²) in [5, 5.41) is 1.45. The highest BCUT2D eigenvalue weighted by Gasteiger charge is 2.03. The van der Waals surface area contributed by atoms with E-state index in [2.05, 4.69) is 45.2 Å². The van der Waals surface area contributed by atoms with Crippen LogP contribution < -0.4 is 9.47 Å². The van der Waals surface area contributed by atoms with Crippen molar-refractivity contribution in [3.63, 3.8) is 0 Å². The first-order chi connectivity index (χ1) is 10.6. The molecule has 0 aliphatic rings. The predicted octanol–water partition coefficient (Wildman–Crippen LogP) is 6.44. The van der Waals surface area contributed by atoms with Crippen LogP contribution in [0.4, 0.5) is 0 Å². The molecule has 118 valence electrons. The Balaban J connectivity index is 1.67. The molecule has 0 heterocycles. The molecule has 0 aliphatic heterocycles. The molecule has 0 N–H and O–H groups in total. The standard InChI is InChI=1S/C16H14Cl2I2O2/c17-11-3-5-15(13(19)9-11)21-7-1-2-8-22-16-6-4-12(18)10-14(16)20/h3-6,9-10H,1-2,7-8H2. The van der Waals surface area contributed by atoms with Gasteiger partial charge in [-0.25, -0.2) is 0 Å². The van der Waals surface area contributed by atoms with Gasteiger partial charge in [0.1, 0.15) is 11.5 Å². The molecule has 0 saturated carbocycles. The van der Waals surface area contributed by atoms with Gasteiger partial charge in [-0.1, -0.05) is 23.2 Å². The molecule has 0 atom stereocenters. The number of hydrogen-bond donors (Lipinski definition) is 0. The quantitative estimate of drug-likeness (QED) is 0.286. The molecular weight excluding hydrogens is 549 g/mol. The van der Waals surface area contributed by atoms with Crippen molar-refractivity contribution in [2.75, 3.05) is 13.2 Å². The van der Waals surface area contributed by atoms with Gasteiger partial charge in [0.05, 0.1) is 20.4 Å². The van der Waals surface area contributed by atoms with Crippen LogP contribution in [0.25, 0.3) is 0 Å². The second kappa shape index (κ2) is 9.39. The molecule has 0 aromatic heterocycles. The second-order valence-electron chi connectivity index (χ2n) is 4.55. The summed E-state index contributed by atoms with van der Waals surface area (Å²) in [5.41, 5.74) is 0. The zero-order valence-electron chi connectivity index (χ0n) is 11.6. The van der Waals surface area contributed by atoms with E-state index in [0.717, 1.165) is 41.5 Å². The Kier molecular flexibility index (Phi) is 7.86. The predicted molar refractivity (Wildman–Crippen MR) is 109 cm³/mol. The van der Waals surface area contributed by atoms with Gasteiger partial charge in [-0.15, -0.1) is 0 Å². The Morgan fingerprint density at radius 3 is 1.50 bits per heavy atom. The Labute approximate surface area is 167 Å². The molecule has 0 saturated heterocycles. The maximum absolute atomic E-state index is 5.91. The molecule has 2 rings (SSSR count). The lowest BCUT2D eigenvalue weighted by molar-refractivity contribution is 0.264. The zero-order chi connectivity index (χ0) is 15.9. The summed E-state index contributed by atoms with van der Waals surface area (Å²) in [4.78, 5) is 0. The molecule has 0 aliphatic carbocycles. The summed E-state index contributed by atoms with van der Waals surface area (Å²) in [6.07, 6.45) is 1.87. The smallest absolute Gasteiger partial charge is 0.132 e. The maximum Gasteiger partial charge on any atom is 0.132 e. The van der Waals surface area contributed by atoms with Crippen LogP contribution in [0.2, 0.25) is 10.0 Å². The maximum atomic E-state index is 5.91. The van der Waals surface area contributed by atoms with Gasteiger partial charge in [-0.2, -0.15) is 0 Å². The van der Waals surface area contributed by atoms with E-state index in [4.69, 9.17) is 32.7 Å². The Hall–Kier alpha value is 0.0800. The molecule has 0 radical (unpaired) electrons. The number of ether oxygens (including phenoxy) is 2. The van der Waals surface area contributed by atoms with E-state index in [9.17, 15) is 0 Å². The first-order valence-corrected chi connectivity index (χ1v) is 9.63. The van der Waals surface area contributed by atoms with E-state index in [0.29, 0.717) is 13.2 Å². The van der Waals surface area contributed by atoms with Gasteiger partial charge in [-0.3, -0.25) is 0 Å². The van der Waals surface area contributed by atoms with Crippen LogP contribution in [-0.4, -0.2) is 13.2 Å². The molecule has 22 heavy (non-hydrogen) atoms. The van der Waals surface area contributed by atoms with Gasteiger partial charge in [0.25, 0.3) is 0 Å². The molecule has 0 spiro atoms. The molecule has 0 bridgehead atoms. The minimum atomic E-state index is 0.665. The number of rotatable bonds is 7. The first kappa shape index (κ1) is 18.4. The van der Waals surface area contributed by atoms with Crippen molar-refractivity contribution in [3.8, 4) is 11.5 Å². The third-order valence-electron chi connectivity index (χ3n) is 2.84. The van der Waals surface area contributed by atoms with E-state index < -0.39 is 0 Å². The summed E-state index contributed by atoms with van der Waals surface area (Å²) in [6, 6.07) is 11.3. The number of benzene rings is 2. The highest BCUT2D eigenvalue weighted by molar-refractivity contribution is 14.1. The SMILES string of the molecule is Clc1ccc(OCCCCOc2ccc(Cl)cc2I)c(I)c1. The van der Waals surface area contributed by atoms with Gasteiger partial charge in [0.2, 0.25) is 0 Å². The molecule has 0 fully saturated rings. The third kappa shape index (κ3) is 5.94. The lowest BCUT2D eigenvalue weighted by Crippen LogP contribution is -2.03. The van der Waals surface area contributed by atoms with Crippen LogP contribution in [0.1, 0.15) is 12.8 Å². The fourth-order valence-corrected chi connectivity index (χ4v) is 3.81. The largest absolute Gasteiger partial charge is 0.492 e. The fourth-order valence-electron chi connectivity index (χ4n) is 1.75. The highest BCUT2D eigenvalue weighted by Crippen LogP contribution is 2.25. The van der Waals surface area contributed by atoms with E-state index in [1.165, 1.54) is 0 Å². The highest BCUT2D eigenvalue weighted by atomic mass is 127. The fraction of sp³-hybridized carbons (Fsp3) is 0.250. The molecule has 0 unspecified atom stereocenters. The summed E-state index contributed by atoms with van der Waals surface area (Å²) in [5.74, 6) is 1.75. The summed E-state index contributed by atoms with van der Waals surface area (Å²) in [7, 11) is 0. The Morgan fingerprint density at radius 2 is 1.14 bits per heavy atom. The Morgan fingerprint density at radius 1 is 0.727 bits per heavy atom. The number of halogens is 4. The van der Waals surface area contributed by atoms with Crippen LogP contribution in [0.3, 0.4) is 0 Å². The summed E-state index contributed by atoms with van der Waals surface area (Å²) >= 11 is 16.3. The van der Waals surface area contributed by atoms with Gasteiger partial charge >= 0.3 is 0 Å². The van der Waals surface area contributed by atoms with Gasteiger partial charge in [-0.05, 0) is 94.4 Å². The summed E-state index contributed by atoms with van der Waals surface area (Å²) in [6.45, 7) is 1.33. The van der Waals surface area contributed by atoms with Crippen molar-refractivity contribution in [2.45, 2.75) is 12.8 Å². The lowest BCUT2D eigenvalue weighted by atomic mass is 10.3. The van der Waals surface area contributed by atoms with Crippen molar-refractivity contribution < 1.29 is 9.47 Å². The molecule has 0 amide bonds. The topological polar surface area (TPSA) is 18.5 Å². The second-order valence-corrected chi connectivity index (χ2v) is 7.75. The number of unbranched alkanes of at least 4 members (excludes halogenated alkanes) is 1. The zero-order valence-corrected chi connectivity index (χ0v) is 17.4. The normalized spacial score (nSPS) is 10.5. The van der Waals surface area contributed by atoms with Crippen molar-refractivity contribution in [3.05, 3.63) is 53.6 Å². The van der Waals surface area contributed by atoms with Crippen LogP contribution in [0.5, 0.6) is 11.5 Å². The summed E-state index contributed by atoms with van der Waals surface area (Å²) < 4.78 is 13.5. The molecule has 2 aromatic rings. The molecule has 2 nitrogen and oxygen atoms in total. The Bertz CT molecular complexity index is 580. The molecule has 2 aromatic carbocycles. The van der Waals surface area contributed by atoms with Crippen LogP contribution >= 0.6 is 68.4 Å². The van der Waals surface area contributed by atoms with Crippen LogP contribution in [0, 0.1) is 7.14 Å². The lowest BCUT2D eigenvalue weighted by Gasteiger charge is -2.10. The molecular formula is C16H14Cl2I2O2. The monoisotopic (exact) mass is 562 g/mol. The van der Waals surface area contributed by atoms with Crippen molar-refractivity contribution in [1.29, 1.82) is 0 Å². The minimum Gasteiger partial charge on any atom is -0.492 e. The van der Waals surface area contributed by atoms with Crippen LogP contribution in [-0.2, 0) is 0 Å². The van der Waals surface area contributed by atoms with E-state index in [1.807, 2.05) is 36.4 Å². The minimum absolute atomic E-state index is 0.665. The van der Waals surface area contributed by atoms with E-state index in [1.54, 1.807) is 0 Å². The average molecular weight is 563 g/mol. The van der Waals surface area contributed by atoms with E-state index in [-0.39, 0.29) is 0 Å². The third-order valence-corrected chi connectivity index (χ3v) is 5.00. The number of hydrogen-bond acceptors (Lipinski definition) is 2. The van der Waals surface area contributed by atoms with Crippen LogP contribution in [0.15, 0.2) is 36.4 Å². The first-order valence-electron chi connectivity index (χ1n) is 6.72. The van der Waals surface area contributed by atoms with Crippen molar-refractivity contribution >= 4 is 68.4 Å².